The van der Waals surface area contributed by atoms with Crippen molar-refractivity contribution in [3.63, 3.8) is 0 Å². The number of esters is 3. The molecule has 4 heterocycles. The fourth-order valence-electron chi connectivity index (χ4n) is 5.63. The molecule has 172 valence electrons. The summed E-state index contributed by atoms with van der Waals surface area (Å²) in [6.45, 7) is -0.296. The van der Waals surface area contributed by atoms with Gasteiger partial charge in [-0.25, -0.2) is 4.79 Å². The Kier molecular flexibility index (Phi) is 4.82. The van der Waals surface area contributed by atoms with Gasteiger partial charge in [-0.15, -0.1) is 0 Å². The highest BCUT2D eigenvalue weighted by molar-refractivity contribution is 6.42. The molecule has 4 aliphatic heterocycles. The molecule has 1 aromatic carbocycles. The van der Waals surface area contributed by atoms with Crippen LogP contribution in [0.2, 0.25) is 10.0 Å². The van der Waals surface area contributed by atoms with Crippen LogP contribution in [0.1, 0.15) is 37.7 Å². The fourth-order valence-corrected chi connectivity index (χ4v) is 5.93. The first-order chi connectivity index (χ1) is 15.1. The van der Waals surface area contributed by atoms with Gasteiger partial charge >= 0.3 is 17.9 Å². The molecule has 11 heteroatoms. The number of benzene rings is 1. The molecule has 4 aliphatic rings. The van der Waals surface area contributed by atoms with Crippen molar-refractivity contribution in [3.05, 3.63) is 33.8 Å². The van der Waals surface area contributed by atoms with Crippen LogP contribution < -0.4 is 5.32 Å². The summed E-state index contributed by atoms with van der Waals surface area (Å²) in [4.78, 5) is 39.2. The highest BCUT2D eigenvalue weighted by Crippen LogP contribution is 2.59. The molecule has 9 nitrogen and oxygen atoms in total. The van der Waals surface area contributed by atoms with Crippen LogP contribution in [-0.2, 0) is 38.9 Å². The van der Waals surface area contributed by atoms with E-state index in [9.17, 15) is 19.5 Å². The third kappa shape index (κ3) is 2.78. The number of aliphatic hydroxyl groups is 1. The minimum atomic E-state index is -2.42. The Morgan fingerprint density at radius 1 is 1.12 bits per heavy atom. The fraction of sp³-hybridized carbons (Fsp3) is 0.571. The molecule has 5 atom stereocenters. The molecule has 2 N–H and O–H groups in total. The predicted molar refractivity (Wildman–Crippen MR) is 109 cm³/mol. The Labute approximate surface area is 193 Å². The van der Waals surface area contributed by atoms with Gasteiger partial charge in [-0.3, -0.25) is 14.9 Å². The highest BCUT2D eigenvalue weighted by atomic mass is 35.5. The summed E-state index contributed by atoms with van der Waals surface area (Å²) in [7, 11) is 1.39. The summed E-state index contributed by atoms with van der Waals surface area (Å²) < 4.78 is 23.5. The van der Waals surface area contributed by atoms with Crippen molar-refractivity contribution < 1.29 is 38.4 Å². The summed E-state index contributed by atoms with van der Waals surface area (Å²) in [5, 5.41) is 14.7. The number of ether oxygens (including phenoxy) is 4. The number of nitrogens with one attached hydrogen (secondary N) is 1. The van der Waals surface area contributed by atoms with Crippen molar-refractivity contribution in [1.29, 1.82) is 0 Å². The summed E-state index contributed by atoms with van der Waals surface area (Å²) in [5.74, 6) is -2.81. The number of carbonyl (C=O) groups excluding carboxylic acids is 3. The lowest BCUT2D eigenvalue weighted by Gasteiger charge is -2.60. The molecule has 32 heavy (non-hydrogen) atoms. The second-order valence-electron chi connectivity index (χ2n) is 8.85. The van der Waals surface area contributed by atoms with E-state index in [2.05, 4.69) is 5.32 Å². The van der Waals surface area contributed by atoms with Crippen LogP contribution in [0.25, 0.3) is 0 Å². The van der Waals surface area contributed by atoms with Gasteiger partial charge in [-0.1, -0.05) is 29.3 Å². The smallest absolute Gasteiger partial charge is 0.340 e. The average Bonchev–Trinajstić information content (AvgIpc) is 3.06. The first kappa shape index (κ1) is 21.9. The Morgan fingerprint density at radius 2 is 1.84 bits per heavy atom. The van der Waals surface area contributed by atoms with Crippen LogP contribution in [0.15, 0.2) is 18.2 Å². The van der Waals surface area contributed by atoms with E-state index in [1.54, 1.807) is 12.1 Å². The van der Waals surface area contributed by atoms with Crippen LogP contribution in [0, 0.1) is 0 Å². The number of hydrogen-bond donors (Lipinski definition) is 2. The lowest BCUT2D eigenvalue weighted by molar-refractivity contribution is -0.323. The van der Waals surface area contributed by atoms with Crippen molar-refractivity contribution in [2.45, 2.75) is 60.7 Å². The molecule has 0 aromatic heterocycles. The maximum absolute atomic E-state index is 13.3. The van der Waals surface area contributed by atoms with Crippen LogP contribution >= 0.6 is 23.2 Å². The van der Waals surface area contributed by atoms with Crippen LogP contribution in [-0.4, -0.2) is 59.7 Å². The minimum Gasteiger partial charge on any atom is -0.449 e. The predicted octanol–water partition coefficient (Wildman–Crippen LogP) is 1.59. The molecule has 0 aliphatic carbocycles. The van der Waals surface area contributed by atoms with E-state index in [0.29, 0.717) is 12.0 Å². The molecule has 1 aromatic rings. The molecule has 0 radical (unpaired) electrons. The van der Waals surface area contributed by atoms with Crippen LogP contribution in [0.3, 0.4) is 0 Å². The van der Waals surface area contributed by atoms with Crippen molar-refractivity contribution in [3.8, 4) is 0 Å². The number of piperidine rings is 1. The first-order valence-electron chi connectivity index (χ1n) is 10.2. The van der Waals surface area contributed by atoms with Crippen molar-refractivity contribution >= 4 is 41.1 Å². The minimum absolute atomic E-state index is 0.186. The zero-order valence-electron chi connectivity index (χ0n) is 17.1. The Morgan fingerprint density at radius 3 is 2.53 bits per heavy atom. The number of fused-ring (bicyclic) bond motifs is 3. The van der Waals surface area contributed by atoms with Crippen LogP contribution in [0.4, 0.5) is 0 Å². The maximum atomic E-state index is 13.3. The van der Waals surface area contributed by atoms with Gasteiger partial charge in [0.15, 0.2) is 11.2 Å². The lowest BCUT2D eigenvalue weighted by atomic mass is 9.66. The number of rotatable bonds is 3. The topological polar surface area (TPSA) is 120 Å². The van der Waals surface area contributed by atoms with Gasteiger partial charge in [0.2, 0.25) is 11.3 Å². The number of halogens is 2. The Bertz CT molecular complexity index is 1040. The molecule has 1 unspecified atom stereocenters. The van der Waals surface area contributed by atoms with E-state index < -0.39 is 53.3 Å². The van der Waals surface area contributed by atoms with Gasteiger partial charge in [0.1, 0.15) is 0 Å². The molecule has 5 rings (SSSR count). The quantitative estimate of drug-likeness (QED) is 0.485. The molecular formula is C21H21Cl2NO8. The number of methoxy groups -OCH3 is 1. The van der Waals surface area contributed by atoms with E-state index in [0.717, 1.165) is 0 Å². The number of hydrogen-bond acceptors (Lipinski definition) is 9. The third-order valence-electron chi connectivity index (χ3n) is 6.95. The average molecular weight is 486 g/mol. The van der Waals surface area contributed by atoms with E-state index >= 15 is 0 Å². The molecular weight excluding hydrogens is 465 g/mol. The van der Waals surface area contributed by atoms with Gasteiger partial charge in [-0.05, 0) is 18.6 Å². The van der Waals surface area contributed by atoms with Gasteiger partial charge in [0, 0.05) is 31.6 Å². The van der Waals surface area contributed by atoms with Crippen molar-refractivity contribution in [2.75, 3.05) is 13.7 Å². The maximum Gasteiger partial charge on any atom is 0.340 e. The molecule has 4 bridgehead atoms. The van der Waals surface area contributed by atoms with Crippen molar-refractivity contribution in [2.24, 2.45) is 0 Å². The second kappa shape index (κ2) is 7.04. The lowest BCUT2D eigenvalue weighted by Crippen LogP contribution is -2.81. The molecule has 4 fully saturated rings. The van der Waals surface area contributed by atoms with E-state index in [1.165, 1.54) is 13.2 Å². The van der Waals surface area contributed by atoms with E-state index in [1.807, 2.05) is 0 Å². The second-order valence-corrected chi connectivity index (χ2v) is 9.66. The SMILES string of the molecule is COC[C@@]12OC(=O)C3(O)CC(=O)O[C@]1(c1ccc(Cl)c(Cl)c1)C[C@@H]1CC[C@@]2(N1)OC(=O)C3. The van der Waals surface area contributed by atoms with Gasteiger partial charge < -0.3 is 24.1 Å². The summed E-state index contributed by atoms with van der Waals surface area (Å²) in [6.07, 6.45) is -0.485. The zero-order valence-corrected chi connectivity index (χ0v) is 18.6. The summed E-state index contributed by atoms with van der Waals surface area (Å²) in [5.41, 5.74) is -7.05. The van der Waals surface area contributed by atoms with E-state index in [-0.39, 0.29) is 35.5 Å². The van der Waals surface area contributed by atoms with E-state index in [4.69, 9.17) is 42.1 Å². The van der Waals surface area contributed by atoms with Gasteiger partial charge in [0.25, 0.3) is 0 Å². The molecule has 0 saturated carbocycles. The largest absolute Gasteiger partial charge is 0.449 e. The Balaban J connectivity index is 1.85. The summed E-state index contributed by atoms with van der Waals surface area (Å²) >= 11 is 12.4. The van der Waals surface area contributed by atoms with Gasteiger partial charge in [-0.2, -0.15) is 0 Å². The molecule has 1 spiro atoms. The molecule has 0 amide bonds. The highest BCUT2D eigenvalue weighted by Gasteiger charge is 2.79. The molecule has 4 saturated heterocycles. The Hall–Kier alpha value is -1.91. The number of carbonyl (C=O) groups is 3. The van der Waals surface area contributed by atoms with Crippen LogP contribution in [0.5, 0.6) is 0 Å². The normalized spacial score (nSPS) is 40.5. The zero-order chi connectivity index (χ0) is 22.9. The summed E-state index contributed by atoms with van der Waals surface area (Å²) in [6, 6.07) is 4.48. The monoisotopic (exact) mass is 485 g/mol. The standard InChI is InChI=1S/C21H21Cl2NO8/c1-29-10-20-19(11-2-3-13(22)14(23)6-11)7-12-4-5-21(20,24-12)31-16(26)9-18(28,17(27)32-20)8-15(25)30-19/h2-3,6,12,24,28H,4-5,7-10H2,1H3/t12-,18?,19-,20+,21+/m0/s1. The third-order valence-corrected chi connectivity index (χ3v) is 7.69. The van der Waals surface area contributed by atoms with Gasteiger partial charge in [0.05, 0.1) is 29.5 Å². The van der Waals surface area contributed by atoms with Crippen molar-refractivity contribution in [1.82, 2.24) is 5.32 Å². The first-order valence-corrected chi connectivity index (χ1v) is 11.0.